The lowest BCUT2D eigenvalue weighted by Gasteiger charge is -2.13. The largest absolute Gasteiger partial charge is 0.489 e. The normalized spacial score (nSPS) is 12.7. The van der Waals surface area contributed by atoms with Crippen LogP contribution in [-0.4, -0.2) is 16.2 Å². The number of nitrogens with zero attached hydrogens (tertiary/aromatic N) is 1. The Bertz CT molecular complexity index is 366. The number of hydrogen-bond acceptors (Lipinski definition) is 3. The Morgan fingerprint density at radius 1 is 1.10 bits per heavy atom. The van der Waals surface area contributed by atoms with Gasteiger partial charge in [0.05, 0.1) is 18.4 Å². The Kier molecular flexibility index (Phi) is 8.28. The summed E-state index contributed by atoms with van der Waals surface area (Å²) >= 11 is 0. The van der Waals surface area contributed by atoms with E-state index in [2.05, 4.69) is 11.9 Å². The lowest BCUT2D eigenvalue weighted by atomic mass is 10.0. The number of aromatic nitrogens is 1. The molecule has 0 saturated carbocycles. The number of ether oxygens (including phenoxy) is 1. The molecule has 0 spiro atoms. The van der Waals surface area contributed by atoms with Crippen LogP contribution in [-0.2, 0) is 0 Å². The number of unbranched alkanes of at least 4 members (excludes halogenated alkanes) is 5. The highest BCUT2D eigenvalue weighted by molar-refractivity contribution is 5.25. The van der Waals surface area contributed by atoms with Gasteiger partial charge in [-0.2, -0.15) is 0 Å². The van der Waals surface area contributed by atoms with Gasteiger partial charge in [0.2, 0.25) is 0 Å². The number of pyridine rings is 1. The molecule has 20 heavy (non-hydrogen) atoms. The van der Waals surface area contributed by atoms with Gasteiger partial charge in [0.25, 0.3) is 0 Å². The van der Waals surface area contributed by atoms with Crippen LogP contribution in [0.5, 0.6) is 5.75 Å². The lowest BCUT2D eigenvalue weighted by molar-refractivity contribution is 0.161. The van der Waals surface area contributed by atoms with Gasteiger partial charge in [-0.1, -0.05) is 45.4 Å². The monoisotopic (exact) mass is 279 g/mol. The van der Waals surface area contributed by atoms with E-state index in [1.807, 2.05) is 19.9 Å². The predicted octanol–water partition coefficient (Wildman–Crippen LogP) is 4.65. The molecule has 1 atom stereocenters. The molecule has 0 aromatic carbocycles. The van der Waals surface area contributed by atoms with Crippen molar-refractivity contribution in [2.24, 2.45) is 0 Å². The molecule has 1 N–H and O–H groups in total. The van der Waals surface area contributed by atoms with Gasteiger partial charge in [-0.25, -0.2) is 0 Å². The molecule has 3 heteroatoms. The molecule has 114 valence electrons. The molecule has 1 rings (SSSR count). The zero-order chi connectivity index (χ0) is 14.8. The van der Waals surface area contributed by atoms with Crippen molar-refractivity contribution < 1.29 is 9.84 Å². The molecule has 0 bridgehead atoms. The van der Waals surface area contributed by atoms with E-state index in [0.717, 1.165) is 24.2 Å². The van der Waals surface area contributed by atoms with E-state index >= 15 is 0 Å². The molecule has 0 saturated heterocycles. The quantitative estimate of drug-likeness (QED) is 0.634. The third-order valence-corrected chi connectivity index (χ3v) is 3.32. The van der Waals surface area contributed by atoms with Crippen molar-refractivity contribution in [3.05, 3.63) is 24.0 Å². The molecule has 3 nitrogen and oxygen atoms in total. The van der Waals surface area contributed by atoms with E-state index in [1.165, 1.54) is 32.1 Å². The molecular weight excluding hydrogens is 250 g/mol. The standard InChI is InChI=1S/C17H29NO2/c1-4-5-6-7-8-9-10-17(19)15-11-16(13-18-12-15)20-14(2)3/h11-14,17,19H,4-10H2,1-3H3. The fourth-order valence-corrected chi connectivity index (χ4v) is 2.24. The van der Waals surface area contributed by atoms with Crippen molar-refractivity contribution in [3.63, 3.8) is 0 Å². The van der Waals surface area contributed by atoms with E-state index in [1.54, 1.807) is 12.4 Å². The van der Waals surface area contributed by atoms with Gasteiger partial charge >= 0.3 is 0 Å². The summed E-state index contributed by atoms with van der Waals surface area (Å²) in [5.41, 5.74) is 0.858. The summed E-state index contributed by atoms with van der Waals surface area (Å²) < 4.78 is 5.60. The SMILES string of the molecule is CCCCCCCCC(O)c1cncc(OC(C)C)c1. The molecule has 0 aliphatic carbocycles. The lowest BCUT2D eigenvalue weighted by Crippen LogP contribution is -2.07. The maximum absolute atomic E-state index is 10.2. The van der Waals surface area contributed by atoms with Crippen LogP contribution in [0.2, 0.25) is 0 Å². The van der Waals surface area contributed by atoms with Crippen molar-refractivity contribution in [2.75, 3.05) is 0 Å². The van der Waals surface area contributed by atoms with E-state index in [-0.39, 0.29) is 6.10 Å². The van der Waals surface area contributed by atoms with Crippen molar-refractivity contribution >= 4 is 0 Å². The second-order valence-corrected chi connectivity index (χ2v) is 5.69. The summed E-state index contributed by atoms with van der Waals surface area (Å²) in [6.45, 7) is 6.20. The second-order valence-electron chi connectivity index (χ2n) is 5.69. The van der Waals surface area contributed by atoms with E-state index in [9.17, 15) is 5.11 Å². The van der Waals surface area contributed by atoms with Crippen LogP contribution in [0.25, 0.3) is 0 Å². The number of hydrogen-bond donors (Lipinski definition) is 1. The first-order valence-electron chi connectivity index (χ1n) is 7.93. The summed E-state index contributed by atoms with van der Waals surface area (Å²) in [6.07, 6.45) is 11.4. The van der Waals surface area contributed by atoms with E-state index < -0.39 is 6.10 Å². The molecule has 1 heterocycles. The number of rotatable bonds is 10. The number of aliphatic hydroxyl groups is 1. The first-order chi connectivity index (χ1) is 9.63. The third-order valence-electron chi connectivity index (χ3n) is 3.32. The maximum atomic E-state index is 10.2. The zero-order valence-electron chi connectivity index (χ0n) is 13.1. The second kappa shape index (κ2) is 9.76. The molecule has 1 aromatic heterocycles. The fraction of sp³-hybridized carbons (Fsp3) is 0.706. The van der Waals surface area contributed by atoms with Gasteiger partial charge in [-0.15, -0.1) is 0 Å². The van der Waals surface area contributed by atoms with Crippen LogP contribution in [0.3, 0.4) is 0 Å². The van der Waals surface area contributed by atoms with Crippen LogP contribution in [0.4, 0.5) is 0 Å². The van der Waals surface area contributed by atoms with Crippen LogP contribution < -0.4 is 4.74 Å². The Labute approximate surface area is 123 Å². The highest BCUT2D eigenvalue weighted by atomic mass is 16.5. The average molecular weight is 279 g/mol. The average Bonchev–Trinajstić information content (AvgIpc) is 2.42. The van der Waals surface area contributed by atoms with E-state index in [0.29, 0.717) is 0 Å². The summed E-state index contributed by atoms with van der Waals surface area (Å²) in [7, 11) is 0. The van der Waals surface area contributed by atoms with Gasteiger partial charge in [-0.05, 0) is 26.3 Å². The molecule has 1 unspecified atom stereocenters. The Morgan fingerprint density at radius 2 is 1.80 bits per heavy atom. The zero-order valence-corrected chi connectivity index (χ0v) is 13.1. The van der Waals surface area contributed by atoms with Gasteiger partial charge in [0.1, 0.15) is 5.75 Å². The molecule has 0 aliphatic rings. The highest BCUT2D eigenvalue weighted by Gasteiger charge is 2.09. The minimum absolute atomic E-state index is 0.128. The molecular formula is C17H29NO2. The van der Waals surface area contributed by atoms with Crippen molar-refractivity contribution in [1.29, 1.82) is 0 Å². The summed E-state index contributed by atoms with van der Waals surface area (Å²) in [5.74, 6) is 0.736. The van der Waals surface area contributed by atoms with Gasteiger partial charge in [-0.3, -0.25) is 4.98 Å². The van der Waals surface area contributed by atoms with Crippen molar-refractivity contribution in [3.8, 4) is 5.75 Å². The highest BCUT2D eigenvalue weighted by Crippen LogP contribution is 2.23. The van der Waals surface area contributed by atoms with Gasteiger partial charge in [0.15, 0.2) is 0 Å². The van der Waals surface area contributed by atoms with Crippen LogP contribution in [0, 0.1) is 0 Å². The smallest absolute Gasteiger partial charge is 0.138 e. The Hall–Kier alpha value is -1.09. The van der Waals surface area contributed by atoms with Crippen LogP contribution in [0.15, 0.2) is 18.5 Å². The summed E-state index contributed by atoms with van der Waals surface area (Å²) in [5, 5.41) is 10.2. The summed E-state index contributed by atoms with van der Waals surface area (Å²) in [4.78, 5) is 4.14. The first-order valence-corrected chi connectivity index (χ1v) is 7.93. The van der Waals surface area contributed by atoms with Crippen molar-refractivity contribution in [1.82, 2.24) is 4.98 Å². The maximum Gasteiger partial charge on any atom is 0.138 e. The molecule has 0 aliphatic heterocycles. The Balaban J connectivity index is 2.33. The predicted molar refractivity (Wildman–Crippen MR) is 83.0 cm³/mol. The molecule has 0 fully saturated rings. The number of aliphatic hydroxyl groups excluding tert-OH is 1. The molecule has 0 amide bonds. The van der Waals surface area contributed by atoms with Crippen LogP contribution >= 0.6 is 0 Å². The topological polar surface area (TPSA) is 42.4 Å². The molecule has 0 radical (unpaired) electrons. The van der Waals surface area contributed by atoms with Gasteiger partial charge < -0.3 is 9.84 Å². The minimum atomic E-state index is -0.426. The Morgan fingerprint density at radius 3 is 2.50 bits per heavy atom. The first kappa shape index (κ1) is 17.0. The van der Waals surface area contributed by atoms with Crippen LogP contribution in [0.1, 0.15) is 77.4 Å². The molecule has 1 aromatic rings. The minimum Gasteiger partial charge on any atom is -0.489 e. The third kappa shape index (κ3) is 6.90. The van der Waals surface area contributed by atoms with Crippen molar-refractivity contribution in [2.45, 2.75) is 77.9 Å². The van der Waals surface area contributed by atoms with E-state index in [4.69, 9.17) is 4.74 Å². The fourth-order valence-electron chi connectivity index (χ4n) is 2.24. The van der Waals surface area contributed by atoms with Gasteiger partial charge in [0, 0.05) is 11.8 Å². The summed E-state index contributed by atoms with van der Waals surface area (Å²) in [6, 6.07) is 1.90.